The summed E-state index contributed by atoms with van der Waals surface area (Å²) < 4.78 is 5.37. The van der Waals surface area contributed by atoms with E-state index in [1.54, 1.807) is 0 Å². The fourth-order valence-electron chi connectivity index (χ4n) is 2.22. The van der Waals surface area contributed by atoms with Gasteiger partial charge in [-0.05, 0) is 19.1 Å². The topological polar surface area (TPSA) is 41.1 Å². The third-order valence-corrected chi connectivity index (χ3v) is 3.00. The monoisotopic (exact) mass is 217 g/mol. The lowest BCUT2D eigenvalue weighted by Gasteiger charge is -2.29. The summed E-state index contributed by atoms with van der Waals surface area (Å²) in [4.78, 5) is 9.97. The fraction of sp³-hybridized carbons (Fsp3) is 0.417. The van der Waals surface area contributed by atoms with Crippen LogP contribution in [0.5, 0.6) is 0 Å². The van der Waals surface area contributed by atoms with Crippen molar-refractivity contribution in [2.24, 2.45) is 0 Å². The molecule has 3 heterocycles. The quantitative estimate of drug-likeness (QED) is 0.790. The number of ether oxygens (including phenoxy) is 1. The van der Waals surface area contributed by atoms with Crippen LogP contribution in [0.1, 0.15) is 5.69 Å². The van der Waals surface area contributed by atoms with Gasteiger partial charge in [0.15, 0.2) is 0 Å². The number of pyridine rings is 1. The van der Waals surface area contributed by atoms with E-state index in [0.29, 0.717) is 0 Å². The molecule has 84 valence electrons. The zero-order chi connectivity index (χ0) is 11.0. The first-order chi connectivity index (χ1) is 7.84. The van der Waals surface area contributed by atoms with Crippen molar-refractivity contribution in [3.05, 3.63) is 24.0 Å². The van der Waals surface area contributed by atoms with Gasteiger partial charge in [0.2, 0.25) is 0 Å². The molecule has 2 aromatic rings. The molecule has 0 saturated carbocycles. The lowest BCUT2D eigenvalue weighted by molar-refractivity contribution is 0.123. The van der Waals surface area contributed by atoms with Gasteiger partial charge in [-0.25, -0.2) is 4.98 Å². The van der Waals surface area contributed by atoms with Gasteiger partial charge in [0, 0.05) is 36.1 Å². The summed E-state index contributed by atoms with van der Waals surface area (Å²) in [6, 6.07) is 4.24. The summed E-state index contributed by atoms with van der Waals surface area (Å²) in [5.74, 6) is 0. The summed E-state index contributed by atoms with van der Waals surface area (Å²) >= 11 is 0. The van der Waals surface area contributed by atoms with Crippen LogP contribution < -0.4 is 4.90 Å². The molecule has 0 unspecified atom stereocenters. The number of fused-ring (bicyclic) bond motifs is 1. The van der Waals surface area contributed by atoms with Crippen LogP contribution in [0.3, 0.4) is 0 Å². The second kappa shape index (κ2) is 3.79. The Labute approximate surface area is 94.2 Å². The van der Waals surface area contributed by atoms with Crippen molar-refractivity contribution in [3.63, 3.8) is 0 Å². The minimum atomic E-state index is 0.813. The highest BCUT2D eigenvalue weighted by molar-refractivity contribution is 5.90. The molecule has 0 spiro atoms. The van der Waals surface area contributed by atoms with Crippen molar-refractivity contribution in [2.45, 2.75) is 6.92 Å². The molecule has 0 amide bonds. The molecular weight excluding hydrogens is 202 g/mol. The Morgan fingerprint density at radius 2 is 2.19 bits per heavy atom. The number of aromatic nitrogens is 2. The number of aryl methyl sites for hydroxylation is 1. The number of anilines is 1. The van der Waals surface area contributed by atoms with Crippen molar-refractivity contribution < 1.29 is 4.74 Å². The number of aromatic amines is 1. The average molecular weight is 217 g/mol. The van der Waals surface area contributed by atoms with Gasteiger partial charge in [-0.1, -0.05) is 0 Å². The lowest BCUT2D eigenvalue weighted by atomic mass is 10.2. The van der Waals surface area contributed by atoms with Gasteiger partial charge >= 0.3 is 0 Å². The minimum absolute atomic E-state index is 0.813. The van der Waals surface area contributed by atoms with Crippen molar-refractivity contribution >= 4 is 16.7 Å². The van der Waals surface area contributed by atoms with Crippen LogP contribution in [0, 0.1) is 6.92 Å². The summed E-state index contributed by atoms with van der Waals surface area (Å²) in [5.41, 5.74) is 3.39. The Hall–Kier alpha value is -1.55. The van der Waals surface area contributed by atoms with Crippen LogP contribution in [0.15, 0.2) is 18.3 Å². The predicted octanol–water partition coefficient (Wildman–Crippen LogP) is 1.71. The van der Waals surface area contributed by atoms with E-state index in [9.17, 15) is 0 Å². The maximum Gasteiger partial charge on any atom is 0.139 e. The van der Waals surface area contributed by atoms with Crippen molar-refractivity contribution in [1.29, 1.82) is 0 Å². The molecule has 0 aliphatic carbocycles. The fourth-order valence-corrected chi connectivity index (χ4v) is 2.22. The third kappa shape index (κ3) is 1.55. The molecular formula is C12H15N3O. The zero-order valence-corrected chi connectivity index (χ0v) is 9.36. The number of nitrogens with one attached hydrogen (secondary N) is 1. The smallest absolute Gasteiger partial charge is 0.139 e. The van der Waals surface area contributed by atoms with E-state index in [4.69, 9.17) is 4.74 Å². The SMILES string of the molecule is Cc1cc2c(N3CCOCC3)ccnc2[nH]1. The molecule has 1 aliphatic heterocycles. The molecule has 4 heteroatoms. The first-order valence-electron chi connectivity index (χ1n) is 5.61. The second-order valence-electron chi connectivity index (χ2n) is 4.14. The Morgan fingerprint density at radius 3 is 3.00 bits per heavy atom. The number of morpholine rings is 1. The van der Waals surface area contributed by atoms with Gasteiger partial charge in [0.25, 0.3) is 0 Å². The number of hydrogen-bond acceptors (Lipinski definition) is 3. The van der Waals surface area contributed by atoms with Crippen LogP contribution in [-0.2, 0) is 4.74 Å². The molecule has 4 nitrogen and oxygen atoms in total. The van der Waals surface area contributed by atoms with E-state index in [-0.39, 0.29) is 0 Å². The highest BCUT2D eigenvalue weighted by Crippen LogP contribution is 2.26. The zero-order valence-electron chi connectivity index (χ0n) is 9.36. The number of H-pyrrole nitrogens is 1. The maximum atomic E-state index is 5.37. The van der Waals surface area contributed by atoms with E-state index >= 15 is 0 Å². The number of rotatable bonds is 1. The van der Waals surface area contributed by atoms with Gasteiger partial charge in [-0.15, -0.1) is 0 Å². The van der Waals surface area contributed by atoms with Gasteiger partial charge in [-0.2, -0.15) is 0 Å². The van der Waals surface area contributed by atoms with Crippen LogP contribution in [0.25, 0.3) is 11.0 Å². The number of hydrogen-bond donors (Lipinski definition) is 1. The maximum absolute atomic E-state index is 5.37. The van der Waals surface area contributed by atoms with E-state index in [1.165, 1.54) is 11.1 Å². The summed E-state index contributed by atoms with van der Waals surface area (Å²) in [5, 5.41) is 1.21. The minimum Gasteiger partial charge on any atom is -0.378 e. The Balaban J connectivity index is 2.07. The highest BCUT2D eigenvalue weighted by Gasteiger charge is 2.14. The van der Waals surface area contributed by atoms with Crippen LogP contribution in [0.2, 0.25) is 0 Å². The Morgan fingerprint density at radius 1 is 1.38 bits per heavy atom. The van der Waals surface area contributed by atoms with Crippen LogP contribution in [-0.4, -0.2) is 36.3 Å². The van der Waals surface area contributed by atoms with Gasteiger partial charge in [-0.3, -0.25) is 0 Å². The highest BCUT2D eigenvalue weighted by atomic mass is 16.5. The van der Waals surface area contributed by atoms with Crippen molar-refractivity contribution in [2.75, 3.05) is 31.2 Å². The first-order valence-corrected chi connectivity index (χ1v) is 5.61. The molecule has 1 aliphatic rings. The molecule has 1 fully saturated rings. The molecule has 0 atom stereocenters. The predicted molar refractivity (Wildman–Crippen MR) is 63.9 cm³/mol. The van der Waals surface area contributed by atoms with Gasteiger partial charge in [0.05, 0.1) is 13.2 Å². The van der Waals surface area contributed by atoms with E-state index < -0.39 is 0 Å². The summed E-state index contributed by atoms with van der Waals surface area (Å²) in [6.07, 6.45) is 1.86. The van der Waals surface area contributed by atoms with Gasteiger partial charge < -0.3 is 14.6 Å². The largest absolute Gasteiger partial charge is 0.378 e. The van der Waals surface area contributed by atoms with E-state index in [1.807, 2.05) is 6.20 Å². The standard InChI is InChI=1S/C12H15N3O/c1-9-8-10-11(2-3-13-12(10)14-9)15-4-6-16-7-5-15/h2-3,8H,4-7H2,1H3,(H,13,14). The Bertz CT molecular complexity index is 500. The molecule has 0 aromatic carbocycles. The number of nitrogens with zero attached hydrogens (tertiary/aromatic N) is 2. The average Bonchev–Trinajstić information content (AvgIpc) is 2.70. The molecule has 0 bridgehead atoms. The normalized spacial score (nSPS) is 16.9. The molecule has 1 saturated heterocycles. The van der Waals surface area contributed by atoms with Crippen LogP contribution >= 0.6 is 0 Å². The molecule has 1 N–H and O–H groups in total. The van der Waals surface area contributed by atoms with Crippen LogP contribution in [0.4, 0.5) is 5.69 Å². The molecule has 0 radical (unpaired) electrons. The van der Waals surface area contributed by atoms with E-state index in [2.05, 4.69) is 33.9 Å². The molecule has 16 heavy (non-hydrogen) atoms. The molecule has 3 rings (SSSR count). The first kappa shape index (κ1) is 9.66. The van der Waals surface area contributed by atoms with Gasteiger partial charge in [0.1, 0.15) is 5.65 Å². The lowest BCUT2D eigenvalue weighted by Crippen LogP contribution is -2.36. The van der Waals surface area contributed by atoms with E-state index in [0.717, 1.165) is 37.6 Å². The van der Waals surface area contributed by atoms with Crippen molar-refractivity contribution in [1.82, 2.24) is 9.97 Å². The van der Waals surface area contributed by atoms with Crippen molar-refractivity contribution in [3.8, 4) is 0 Å². The third-order valence-electron chi connectivity index (χ3n) is 3.00. The summed E-state index contributed by atoms with van der Waals surface area (Å²) in [7, 11) is 0. The Kier molecular flexibility index (Phi) is 2.29. The second-order valence-corrected chi connectivity index (χ2v) is 4.14. The summed E-state index contributed by atoms with van der Waals surface area (Å²) in [6.45, 7) is 5.61. The molecule has 2 aromatic heterocycles.